The lowest BCUT2D eigenvalue weighted by Gasteiger charge is -2.10. The molecule has 0 aromatic carbocycles. The molecule has 2 heterocycles. The molecule has 0 aliphatic rings. The van der Waals surface area contributed by atoms with E-state index in [1.165, 1.54) is 0 Å². The average Bonchev–Trinajstić information content (AvgIpc) is 2.46. The molecule has 8 heteroatoms. The highest BCUT2D eigenvalue weighted by molar-refractivity contribution is 6.33. The largest absolute Gasteiger partial charge is 0.417 e. The number of anilines is 1. The molecule has 0 fully saturated rings. The van der Waals surface area contributed by atoms with E-state index in [2.05, 4.69) is 15.3 Å². The minimum atomic E-state index is -4.56. The van der Waals surface area contributed by atoms with E-state index in [1.807, 2.05) is 6.92 Å². The van der Waals surface area contributed by atoms with Crippen molar-refractivity contribution in [3.05, 3.63) is 51.9 Å². The van der Waals surface area contributed by atoms with Crippen LogP contribution in [-0.2, 0) is 12.6 Å². The van der Waals surface area contributed by atoms with E-state index >= 15 is 0 Å². The molecule has 0 radical (unpaired) electrons. The molecule has 1 N–H and O–H groups in total. The number of nitrogens with zero attached hydrogens (tertiary/aromatic N) is 2. The van der Waals surface area contributed by atoms with Gasteiger partial charge in [-0.05, 0) is 18.6 Å². The maximum atomic E-state index is 12.6. The SMILES string of the molecule is CNc1ncc(C)cc1CC(=O)c1ncc(C(F)(F)F)cc1Cl. The lowest BCUT2D eigenvalue weighted by atomic mass is 10.1. The molecule has 0 saturated heterocycles. The quantitative estimate of drug-likeness (QED) is 0.855. The summed E-state index contributed by atoms with van der Waals surface area (Å²) in [5.74, 6) is 0.0413. The molecular formula is C15H13ClF3N3O. The Hall–Kier alpha value is -2.15. The fraction of sp³-hybridized carbons (Fsp3) is 0.267. The van der Waals surface area contributed by atoms with Gasteiger partial charge in [0.05, 0.1) is 10.6 Å². The number of aromatic nitrogens is 2. The first-order chi connectivity index (χ1) is 10.7. The number of Topliss-reactive ketones (excluding diaryl/α,β-unsaturated/α-hetero) is 1. The van der Waals surface area contributed by atoms with E-state index in [4.69, 9.17) is 11.6 Å². The van der Waals surface area contributed by atoms with Gasteiger partial charge < -0.3 is 5.32 Å². The number of aryl methyl sites for hydroxylation is 1. The Morgan fingerprint density at radius 2 is 1.96 bits per heavy atom. The second-order valence-electron chi connectivity index (χ2n) is 4.92. The molecule has 23 heavy (non-hydrogen) atoms. The Morgan fingerprint density at radius 3 is 2.52 bits per heavy atom. The second-order valence-corrected chi connectivity index (χ2v) is 5.33. The lowest BCUT2D eigenvalue weighted by molar-refractivity contribution is -0.137. The highest BCUT2D eigenvalue weighted by Crippen LogP contribution is 2.31. The van der Waals surface area contributed by atoms with Crippen LogP contribution in [0.2, 0.25) is 5.02 Å². The van der Waals surface area contributed by atoms with E-state index in [0.717, 1.165) is 5.56 Å². The number of halogens is 4. The van der Waals surface area contributed by atoms with Crippen LogP contribution in [0.15, 0.2) is 24.5 Å². The Balaban J connectivity index is 2.30. The standard InChI is InChI=1S/C15H13ClF3N3O/c1-8-3-9(14(20-2)22-6-8)4-12(23)13-11(16)5-10(7-21-13)15(17,18)19/h3,5-7H,4H2,1-2H3,(H,20,22). The summed E-state index contributed by atoms with van der Waals surface area (Å²) in [6.45, 7) is 1.82. The van der Waals surface area contributed by atoms with E-state index in [1.54, 1.807) is 19.3 Å². The Labute approximate surface area is 135 Å². The maximum absolute atomic E-state index is 12.6. The summed E-state index contributed by atoms with van der Waals surface area (Å²) in [5, 5.41) is 2.54. The van der Waals surface area contributed by atoms with Crippen LogP contribution in [0.3, 0.4) is 0 Å². The lowest BCUT2D eigenvalue weighted by Crippen LogP contribution is -2.12. The van der Waals surface area contributed by atoms with Gasteiger partial charge in [0.15, 0.2) is 5.78 Å². The Morgan fingerprint density at radius 1 is 1.26 bits per heavy atom. The minimum absolute atomic E-state index is 0.0665. The molecule has 0 bridgehead atoms. The highest BCUT2D eigenvalue weighted by atomic mass is 35.5. The monoisotopic (exact) mass is 343 g/mol. The van der Waals surface area contributed by atoms with Gasteiger partial charge in [0.25, 0.3) is 0 Å². The van der Waals surface area contributed by atoms with Crippen molar-refractivity contribution < 1.29 is 18.0 Å². The summed E-state index contributed by atoms with van der Waals surface area (Å²) in [6.07, 6.45) is -2.38. The van der Waals surface area contributed by atoms with Gasteiger partial charge in [-0.2, -0.15) is 13.2 Å². The van der Waals surface area contributed by atoms with Crippen molar-refractivity contribution in [2.45, 2.75) is 19.5 Å². The van der Waals surface area contributed by atoms with Crippen molar-refractivity contribution in [1.82, 2.24) is 9.97 Å². The van der Waals surface area contributed by atoms with Crippen molar-refractivity contribution >= 4 is 23.2 Å². The fourth-order valence-electron chi connectivity index (χ4n) is 2.04. The number of hydrogen-bond donors (Lipinski definition) is 1. The van der Waals surface area contributed by atoms with E-state index in [0.29, 0.717) is 23.6 Å². The van der Waals surface area contributed by atoms with Crippen molar-refractivity contribution in [3.8, 4) is 0 Å². The molecule has 0 aliphatic carbocycles. The van der Waals surface area contributed by atoms with E-state index in [9.17, 15) is 18.0 Å². The molecule has 0 amide bonds. The van der Waals surface area contributed by atoms with Crippen molar-refractivity contribution in [3.63, 3.8) is 0 Å². The van der Waals surface area contributed by atoms with E-state index < -0.39 is 17.5 Å². The maximum Gasteiger partial charge on any atom is 0.417 e. The van der Waals surface area contributed by atoms with Crippen LogP contribution >= 0.6 is 11.6 Å². The smallest absolute Gasteiger partial charge is 0.373 e. The van der Waals surface area contributed by atoms with Gasteiger partial charge in [0, 0.05) is 31.4 Å². The van der Waals surface area contributed by atoms with E-state index in [-0.39, 0.29) is 17.1 Å². The zero-order valence-electron chi connectivity index (χ0n) is 12.3. The number of nitrogens with one attached hydrogen (secondary N) is 1. The highest BCUT2D eigenvalue weighted by Gasteiger charge is 2.32. The minimum Gasteiger partial charge on any atom is -0.373 e. The molecule has 0 unspecified atom stereocenters. The number of alkyl halides is 3. The topological polar surface area (TPSA) is 54.9 Å². The molecule has 2 rings (SSSR count). The van der Waals surface area contributed by atoms with Crippen molar-refractivity contribution in [2.24, 2.45) is 0 Å². The molecule has 0 spiro atoms. The molecule has 2 aromatic heterocycles. The van der Waals surface area contributed by atoms with Gasteiger partial charge in [0.2, 0.25) is 0 Å². The first-order valence-corrected chi connectivity index (χ1v) is 6.99. The van der Waals surface area contributed by atoms with Crippen LogP contribution in [0.25, 0.3) is 0 Å². The molecule has 122 valence electrons. The molecular weight excluding hydrogens is 331 g/mol. The molecule has 0 saturated carbocycles. The third-order valence-corrected chi connectivity index (χ3v) is 3.41. The normalized spacial score (nSPS) is 11.4. The predicted molar refractivity (Wildman–Crippen MR) is 80.8 cm³/mol. The summed E-state index contributed by atoms with van der Waals surface area (Å²) >= 11 is 5.79. The zero-order valence-corrected chi connectivity index (χ0v) is 13.1. The van der Waals surface area contributed by atoms with Crippen LogP contribution in [0.4, 0.5) is 19.0 Å². The number of hydrogen-bond acceptors (Lipinski definition) is 4. The summed E-state index contributed by atoms with van der Waals surface area (Å²) in [6, 6.07) is 2.48. The Bertz CT molecular complexity index is 747. The summed E-state index contributed by atoms with van der Waals surface area (Å²) in [5.41, 5.74) is 0.295. The molecule has 0 aliphatic heterocycles. The van der Waals surface area contributed by atoms with Gasteiger partial charge in [-0.25, -0.2) is 4.98 Å². The number of rotatable bonds is 4. The van der Waals surface area contributed by atoms with Crippen LogP contribution in [0.1, 0.15) is 27.2 Å². The fourth-order valence-corrected chi connectivity index (χ4v) is 2.32. The van der Waals surface area contributed by atoms with Crippen LogP contribution in [-0.4, -0.2) is 22.8 Å². The summed E-state index contributed by atoms with van der Waals surface area (Å²) < 4.78 is 37.8. The number of carbonyl (C=O) groups is 1. The first-order valence-electron chi connectivity index (χ1n) is 6.61. The van der Waals surface area contributed by atoms with Crippen molar-refractivity contribution in [1.29, 1.82) is 0 Å². The van der Waals surface area contributed by atoms with Gasteiger partial charge in [-0.15, -0.1) is 0 Å². The third kappa shape index (κ3) is 3.98. The summed E-state index contributed by atoms with van der Waals surface area (Å²) in [4.78, 5) is 20.0. The second kappa shape index (κ2) is 6.54. The zero-order chi connectivity index (χ0) is 17.2. The van der Waals surface area contributed by atoms with Gasteiger partial charge in [-0.1, -0.05) is 17.7 Å². The number of ketones is 1. The molecule has 4 nitrogen and oxygen atoms in total. The van der Waals surface area contributed by atoms with Gasteiger partial charge in [-0.3, -0.25) is 9.78 Å². The molecule has 0 atom stereocenters. The average molecular weight is 344 g/mol. The first kappa shape index (κ1) is 17.2. The van der Waals surface area contributed by atoms with Crippen LogP contribution < -0.4 is 5.32 Å². The van der Waals surface area contributed by atoms with Gasteiger partial charge in [0.1, 0.15) is 11.5 Å². The van der Waals surface area contributed by atoms with Crippen molar-refractivity contribution in [2.75, 3.05) is 12.4 Å². The predicted octanol–water partition coefficient (Wildman–Crippen LogP) is 3.92. The van der Waals surface area contributed by atoms with Gasteiger partial charge >= 0.3 is 6.18 Å². The van der Waals surface area contributed by atoms with Crippen LogP contribution in [0.5, 0.6) is 0 Å². The van der Waals surface area contributed by atoms with Crippen LogP contribution in [0, 0.1) is 6.92 Å². The molecule has 2 aromatic rings. The number of pyridine rings is 2. The Kier molecular flexibility index (Phi) is 4.89. The third-order valence-electron chi connectivity index (χ3n) is 3.12. The number of carbonyl (C=O) groups excluding carboxylic acids is 1. The summed E-state index contributed by atoms with van der Waals surface area (Å²) in [7, 11) is 1.66.